The molecule has 0 unspecified atom stereocenters. The molecule has 1 aliphatic rings. The minimum absolute atomic E-state index is 0.0769. The Morgan fingerprint density at radius 3 is 2.17 bits per heavy atom. The first-order valence-corrected chi connectivity index (χ1v) is 16.3. The van der Waals surface area contributed by atoms with Crippen LogP contribution in [0, 0.1) is 11.8 Å². The number of carbonyl (C=O) groups excluding carboxylic acids is 3. The lowest BCUT2D eigenvalue weighted by molar-refractivity contribution is -0.156. The zero-order valence-electron chi connectivity index (χ0n) is 27.6. The van der Waals surface area contributed by atoms with Gasteiger partial charge in [0.1, 0.15) is 18.4 Å². The zero-order valence-corrected chi connectivity index (χ0v) is 27.6. The molecule has 1 aliphatic heterocycles. The van der Waals surface area contributed by atoms with Crippen LogP contribution in [0.3, 0.4) is 0 Å². The van der Waals surface area contributed by atoms with Gasteiger partial charge in [0, 0.05) is 43.0 Å². The Kier molecular flexibility index (Phi) is 11.7. The van der Waals surface area contributed by atoms with Crippen LogP contribution < -0.4 is 10.1 Å². The lowest BCUT2D eigenvalue weighted by Gasteiger charge is -2.39. The standard InChI is InChI=1S/C38H42N4O6/c1-26(2)8-7-19-47-33-17-15-29(16-18-33)31-21-39-35(40-22-31)30-13-11-27(12-14-30)20-34(36(43)42-23-32(24-42)37(44)46-3)41-38(45)48-25-28-9-5-4-6-10-28/h4-6,9-18,21-22,26,32,34H,7-8,19-20,23-25H2,1-3H3,(H,41,45)/t34-/m0/s1. The number of carbonyl (C=O) groups is 3. The molecule has 48 heavy (non-hydrogen) atoms. The molecule has 2 amide bonds. The van der Waals surface area contributed by atoms with E-state index in [1.807, 2.05) is 78.9 Å². The van der Waals surface area contributed by atoms with E-state index in [9.17, 15) is 14.4 Å². The number of benzene rings is 3. The predicted octanol–water partition coefficient (Wildman–Crippen LogP) is 6.09. The van der Waals surface area contributed by atoms with Gasteiger partial charge in [-0.1, -0.05) is 80.6 Å². The van der Waals surface area contributed by atoms with Crippen molar-refractivity contribution in [2.24, 2.45) is 11.8 Å². The normalized spacial score (nSPS) is 13.4. The number of hydrogen-bond donors (Lipinski definition) is 1. The Balaban J connectivity index is 1.20. The molecule has 0 saturated carbocycles. The maximum absolute atomic E-state index is 13.4. The van der Waals surface area contributed by atoms with Gasteiger partial charge in [-0.3, -0.25) is 9.59 Å². The summed E-state index contributed by atoms with van der Waals surface area (Å²) in [7, 11) is 1.33. The van der Waals surface area contributed by atoms with Crippen LogP contribution in [0.1, 0.15) is 37.8 Å². The summed E-state index contributed by atoms with van der Waals surface area (Å²) in [6.45, 7) is 5.69. The third kappa shape index (κ3) is 9.40. The summed E-state index contributed by atoms with van der Waals surface area (Å²) in [5.74, 6) is 1.07. The fourth-order valence-corrected chi connectivity index (χ4v) is 5.38. The van der Waals surface area contributed by atoms with Gasteiger partial charge in [-0.2, -0.15) is 0 Å². The highest BCUT2D eigenvalue weighted by molar-refractivity contribution is 5.88. The molecule has 2 heterocycles. The number of nitrogens with zero attached hydrogens (tertiary/aromatic N) is 3. The Bertz CT molecular complexity index is 1640. The van der Waals surface area contributed by atoms with Gasteiger partial charge in [0.2, 0.25) is 5.91 Å². The Morgan fingerprint density at radius 1 is 0.854 bits per heavy atom. The van der Waals surface area contributed by atoms with Crippen molar-refractivity contribution < 1.29 is 28.6 Å². The Morgan fingerprint density at radius 2 is 1.52 bits per heavy atom. The molecule has 1 fully saturated rings. The van der Waals surface area contributed by atoms with Crippen molar-refractivity contribution in [3.63, 3.8) is 0 Å². The average molecular weight is 651 g/mol. The highest BCUT2D eigenvalue weighted by Gasteiger charge is 2.39. The number of hydrogen-bond acceptors (Lipinski definition) is 8. The van der Waals surface area contributed by atoms with Crippen LogP contribution in [0.4, 0.5) is 4.79 Å². The van der Waals surface area contributed by atoms with Gasteiger partial charge >= 0.3 is 12.1 Å². The molecular weight excluding hydrogens is 608 g/mol. The molecular formula is C38H42N4O6. The largest absolute Gasteiger partial charge is 0.494 e. The quantitative estimate of drug-likeness (QED) is 0.129. The van der Waals surface area contributed by atoms with E-state index in [0.29, 0.717) is 18.3 Å². The summed E-state index contributed by atoms with van der Waals surface area (Å²) in [5.41, 5.74) is 4.37. The predicted molar refractivity (Wildman–Crippen MR) is 182 cm³/mol. The van der Waals surface area contributed by atoms with E-state index in [4.69, 9.17) is 14.2 Å². The van der Waals surface area contributed by atoms with Crippen molar-refractivity contribution in [3.05, 3.63) is 102 Å². The number of likely N-dealkylation sites (tertiary alicyclic amines) is 1. The molecule has 1 N–H and O–H groups in total. The van der Waals surface area contributed by atoms with Crippen LogP contribution in [0.2, 0.25) is 0 Å². The summed E-state index contributed by atoms with van der Waals surface area (Å²) in [6.07, 6.45) is 5.30. The maximum Gasteiger partial charge on any atom is 0.408 e. The molecule has 4 aromatic rings. The zero-order chi connectivity index (χ0) is 33.9. The van der Waals surface area contributed by atoms with Gasteiger partial charge in [-0.05, 0) is 47.6 Å². The van der Waals surface area contributed by atoms with E-state index in [0.717, 1.165) is 46.4 Å². The summed E-state index contributed by atoms with van der Waals surface area (Å²) < 4.78 is 16.0. The summed E-state index contributed by atoms with van der Waals surface area (Å²) in [4.78, 5) is 48.7. The molecule has 1 aromatic heterocycles. The molecule has 0 radical (unpaired) electrons. The van der Waals surface area contributed by atoms with E-state index in [-0.39, 0.29) is 43.9 Å². The number of aromatic nitrogens is 2. The van der Waals surface area contributed by atoms with Crippen LogP contribution in [0.15, 0.2) is 91.3 Å². The van der Waals surface area contributed by atoms with E-state index in [1.165, 1.54) is 7.11 Å². The topological polar surface area (TPSA) is 120 Å². The summed E-state index contributed by atoms with van der Waals surface area (Å²) in [6, 6.07) is 23.9. The number of alkyl carbamates (subject to hydrolysis) is 1. The van der Waals surface area contributed by atoms with Crippen molar-refractivity contribution in [2.45, 2.75) is 45.8 Å². The first-order valence-electron chi connectivity index (χ1n) is 16.3. The van der Waals surface area contributed by atoms with Crippen LogP contribution in [-0.4, -0.2) is 65.7 Å². The Hall–Kier alpha value is -5.25. The first-order chi connectivity index (χ1) is 23.3. The molecule has 0 aliphatic carbocycles. The minimum atomic E-state index is -0.884. The maximum atomic E-state index is 13.4. The lowest BCUT2D eigenvalue weighted by Crippen LogP contribution is -2.59. The van der Waals surface area contributed by atoms with Crippen molar-refractivity contribution >= 4 is 18.0 Å². The number of rotatable bonds is 14. The van der Waals surface area contributed by atoms with Crippen LogP contribution in [0.25, 0.3) is 22.5 Å². The van der Waals surface area contributed by atoms with Crippen LogP contribution in [-0.2, 0) is 32.1 Å². The molecule has 5 rings (SSSR count). The van der Waals surface area contributed by atoms with Gasteiger partial charge in [-0.15, -0.1) is 0 Å². The highest BCUT2D eigenvalue weighted by atomic mass is 16.5. The molecule has 1 atom stereocenters. The second-order valence-corrected chi connectivity index (χ2v) is 12.3. The van der Waals surface area contributed by atoms with Crippen molar-refractivity contribution in [2.75, 3.05) is 26.8 Å². The van der Waals surface area contributed by atoms with Gasteiger partial charge in [0.15, 0.2) is 5.82 Å². The summed E-state index contributed by atoms with van der Waals surface area (Å²) in [5, 5.41) is 2.73. The van der Waals surface area contributed by atoms with E-state index in [2.05, 4.69) is 29.1 Å². The smallest absolute Gasteiger partial charge is 0.408 e. The SMILES string of the molecule is COC(=O)C1CN(C(=O)[C@H](Cc2ccc(-c3ncc(-c4ccc(OCCCC(C)C)cc4)cn3)cc2)NC(=O)OCc2ccccc2)C1. The van der Waals surface area contributed by atoms with Crippen molar-refractivity contribution in [1.29, 1.82) is 0 Å². The average Bonchev–Trinajstić information content (AvgIpc) is 3.09. The fraction of sp³-hybridized carbons (Fsp3) is 0.342. The molecule has 0 spiro atoms. The van der Waals surface area contributed by atoms with E-state index in [1.54, 1.807) is 17.3 Å². The van der Waals surface area contributed by atoms with Gasteiger partial charge in [0.05, 0.1) is 19.6 Å². The fourth-order valence-electron chi connectivity index (χ4n) is 5.38. The number of ether oxygens (including phenoxy) is 3. The second kappa shape index (κ2) is 16.5. The second-order valence-electron chi connectivity index (χ2n) is 12.3. The van der Waals surface area contributed by atoms with Crippen LogP contribution in [0.5, 0.6) is 5.75 Å². The highest BCUT2D eigenvalue weighted by Crippen LogP contribution is 2.24. The molecule has 250 valence electrons. The van der Waals surface area contributed by atoms with Crippen molar-refractivity contribution in [1.82, 2.24) is 20.2 Å². The number of nitrogens with one attached hydrogen (secondary N) is 1. The minimum Gasteiger partial charge on any atom is -0.494 e. The third-order valence-electron chi connectivity index (χ3n) is 8.22. The van der Waals surface area contributed by atoms with Gasteiger partial charge in [-0.25, -0.2) is 14.8 Å². The first kappa shape index (κ1) is 34.1. The number of esters is 1. The number of methoxy groups -OCH3 is 1. The van der Waals surface area contributed by atoms with Gasteiger partial charge < -0.3 is 24.4 Å². The molecule has 0 bridgehead atoms. The molecule has 1 saturated heterocycles. The molecule has 10 nitrogen and oxygen atoms in total. The van der Waals surface area contributed by atoms with Crippen LogP contribution >= 0.6 is 0 Å². The Labute approximate surface area is 281 Å². The molecule has 3 aromatic carbocycles. The molecule has 10 heteroatoms. The van der Waals surface area contributed by atoms with Gasteiger partial charge in [0.25, 0.3) is 0 Å². The monoisotopic (exact) mass is 650 g/mol. The van der Waals surface area contributed by atoms with Crippen molar-refractivity contribution in [3.8, 4) is 28.3 Å². The summed E-state index contributed by atoms with van der Waals surface area (Å²) >= 11 is 0. The third-order valence-corrected chi connectivity index (χ3v) is 8.22. The number of amides is 2. The van der Waals surface area contributed by atoms with E-state index >= 15 is 0 Å². The van der Waals surface area contributed by atoms with E-state index < -0.39 is 12.1 Å². The lowest BCUT2D eigenvalue weighted by atomic mass is 9.97.